The molecule has 2 saturated heterocycles. The second-order valence-corrected chi connectivity index (χ2v) is 9.60. The van der Waals surface area contributed by atoms with E-state index in [1.165, 1.54) is 0 Å². The lowest BCUT2D eigenvalue weighted by Gasteiger charge is -2.32. The molecule has 1 aromatic carbocycles. The second-order valence-electron chi connectivity index (χ2n) is 9.60. The van der Waals surface area contributed by atoms with Gasteiger partial charge in [-0.2, -0.15) is 0 Å². The van der Waals surface area contributed by atoms with Crippen LogP contribution in [0.2, 0.25) is 0 Å². The molecule has 0 aromatic heterocycles. The average molecular weight is 457 g/mol. The minimum Gasteiger partial charge on any atom is -0.444 e. The molecule has 1 saturated carbocycles. The van der Waals surface area contributed by atoms with Crippen LogP contribution in [0.5, 0.6) is 0 Å². The van der Waals surface area contributed by atoms with E-state index >= 15 is 0 Å². The average Bonchev–Trinajstić information content (AvgIpc) is 3.05. The molecule has 3 fully saturated rings. The lowest BCUT2D eigenvalue weighted by atomic mass is 9.75. The molecule has 4 N–H and O–H groups in total. The van der Waals surface area contributed by atoms with Gasteiger partial charge in [-0.25, -0.2) is 4.79 Å². The normalized spacial score (nSPS) is 23.2. The summed E-state index contributed by atoms with van der Waals surface area (Å²) in [6.07, 6.45) is 5.67. The highest BCUT2D eigenvalue weighted by Crippen LogP contribution is 2.45. The first-order valence-electron chi connectivity index (χ1n) is 12.1. The van der Waals surface area contributed by atoms with Crippen molar-refractivity contribution in [1.29, 1.82) is 0 Å². The van der Waals surface area contributed by atoms with Crippen molar-refractivity contribution in [2.24, 2.45) is 5.92 Å². The Morgan fingerprint density at radius 1 is 1.12 bits per heavy atom. The fourth-order valence-electron chi connectivity index (χ4n) is 5.47. The summed E-state index contributed by atoms with van der Waals surface area (Å²) in [7, 11) is 0. The van der Waals surface area contributed by atoms with Crippen LogP contribution in [0.15, 0.2) is 18.2 Å². The summed E-state index contributed by atoms with van der Waals surface area (Å²) in [5, 5.41) is 11.8. The zero-order valence-corrected chi connectivity index (χ0v) is 18.8. The van der Waals surface area contributed by atoms with Gasteiger partial charge in [0.15, 0.2) is 0 Å². The van der Waals surface area contributed by atoms with Crippen molar-refractivity contribution in [3.05, 3.63) is 23.8 Å². The Morgan fingerprint density at radius 2 is 1.88 bits per heavy atom. The van der Waals surface area contributed by atoms with Gasteiger partial charge >= 0.3 is 6.09 Å². The number of benzene rings is 1. The first-order valence-corrected chi connectivity index (χ1v) is 12.1. The van der Waals surface area contributed by atoms with Crippen molar-refractivity contribution in [1.82, 2.24) is 10.6 Å². The molecule has 1 atom stereocenters. The molecule has 3 amide bonds. The van der Waals surface area contributed by atoms with Gasteiger partial charge in [0.1, 0.15) is 12.1 Å². The van der Waals surface area contributed by atoms with Gasteiger partial charge in [-0.15, -0.1) is 0 Å². The molecule has 3 aliphatic heterocycles. The predicted octanol–water partition coefficient (Wildman–Crippen LogP) is 2.27. The molecule has 0 radical (unpaired) electrons. The minimum atomic E-state index is -0.657. The smallest absolute Gasteiger partial charge is 0.408 e. The summed E-state index contributed by atoms with van der Waals surface area (Å²) in [5.74, 6) is -0.180. The molecule has 9 nitrogen and oxygen atoms in total. The summed E-state index contributed by atoms with van der Waals surface area (Å²) >= 11 is 0. The highest BCUT2D eigenvalue weighted by molar-refractivity contribution is 6.07. The fourth-order valence-corrected chi connectivity index (χ4v) is 5.47. The number of anilines is 2. The number of hydrogen-bond donors (Lipinski definition) is 4. The number of alkyl carbamates (subject to hydrolysis) is 1. The van der Waals surface area contributed by atoms with Crippen molar-refractivity contribution < 1.29 is 23.9 Å². The van der Waals surface area contributed by atoms with E-state index in [0.29, 0.717) is 44.8 Å². The Kier molecular flexibility index (Phi) is 6.25. The van der Waals surface area contributed by atoms with Crippen LogP contribution in [0.4, 0.5) is 16.2 Å². The zero-order valence-electron chi connectivity index (χ0n) is 18.8. The third-order valence-corrected chi connectivity index (χ3v) is 7.53. The van der Waals surface area contributed by atoms with Gasteiger partial charge in [0.2, 0.25) is 11.8 Å². The highest BCUT2D eigenvalue weighted by Gasteiger charge is 2.47. The lowest BCUT2D eigenvalue weighted by molar-refractivity contribution is -0.124. The quantitative estimate of drug-likeness (QED) is 0.540. The number of fused-ring (bicyclic) bond motifs is 2. The number of carbonyl (C=O) groups is 3. The molecule has 0 unspecified atom stereocenters. The molecule has 0 bridgehead atoms. The molecule has 5 rings (SSSR count). The number of amides is 3. The monoisotopic (exact) mass is 456 g/mol. The SMILES string of the molecule is O=C(N[C@H](C(=O)Nc1ccc2c(c1)NC(=O)C21CCOCC1)C1CCCCC1)OC1CNC1. The van der Waals surface area contributed by atoms with E-state index in [4.69, 9.17) is 9.47 Å². The van der Waals surface area contributed by atoms with Gasteiger partial charge in [0, 0.05) is 37.7 Å². The second kappa shape index (κ2) is 9.30. The summed E-state index contributed by atoms with van der Waals surface area (Å²) in [6, 6.07) is 4.92. The zero-order chi connectivity index (χ0) is 22.8. The standard InChI is InChI=1S/C24H32N4O5/c29-21(20(15-4-2-1-3-5-15)28-23(31)33-17-13-25-14-17)26-16-6-7-18-19(12-16)27-22(30)24(18)8-10-32-11-9-24/h6-7,12,15,17,20,25H,1-5,8-11,13-14H2,(H,26,29)(H,27,30)(H,28,31)/t20-/m0/s1. The number of carbonyl (C=O) groups excluding carboxylic acids is 3. The largest absolute Gasteiger partial charge is 0.444 e. The van der Waals surface area contributed by atoms with Gasteiger partial charge in [0.05, 0.1) is 5.41 Å². The summed E-state index contributed by atoms with van der Waals surface area (Å²) in [4.78, 5) is 38.5. The maximum atomic E-state index is 13.3. The molecule has 3 heterocycles. The Bertz CT molecular complexity index is 919. The Labute approximate surface area is 193 Å². The third-order valence-electron chi connectivity index (χ3n) is 7.53. The number of ether oxygens (including phenoxy) is 2. The van der Waals surface area contributed by atoms with E-state index in [2.05, 4.69) is 21.3 Å². The third kappa shape index (κ3) is 4.44. The van der Waals surface area contributed by atoms with E-state index in [1.807, 2.05) is 18.2 Å². The molecule has 1 spiro atoms. The van der Waals surface area contributed by atoms with Crippen LogP contribution in [0.1, 0.15) is 50.5 Å². The van der Waals surface area contributed by atoms with Gasteiger partial charge < -0.3 is 30.7 Å². The molecular weight excluding hydrogens is 424 g/mol. The van der Waals surface area contributed by atoms with E-state index < -0.39 is 17.6 Å². The minimum absolute atomic E-state index is 0.000690. The molecule has 178 valence electrons. The van der Waals surface area contributed by atoms with Crippen LogP contribution in [-0.2, 0) is 24.5 Å². The molecule has 4 aliphatic rings. The van der Waals surface area contributed by atoms with Gasteiger partial charge in [0.25, 0.3) is 0 Å². The van der Waals surface area contributed by atoms with Gasteiger partial charge in [-0.1, -0.05) is 25.3 Å². The molecular formula is C24H32N4O5. The first-order chi connectivity index (χ1) is 16.0. The van der Waals surface area contributed by atoms with Gasteiger partial charge in [-0.3, -0.25) is 9.59 Å². The van der Waals surface area contributed by atoms with Crippen LogP contribution >= 0.6 is 0 Å². The molecule has 1 aromatic rings. The molecule has 33 heavy (non-hydrogen) atoms. The van der Waals surface area contributed by atoms with Crippen molar-refractivity contribution in [2.45, 2.75) is 62.5 Å². The van der Waals surface area contributed by atoms with Crippen molar-refractivity contribution >= 4 is 29.3 Å². The summed E-state index contributed by atoms with van der Waals surface area (Å²) in [5.41, 5.74) is 1.76. The van der Waals surface area contributed by atoms with E-state index in [0.717, 1.165) is 43.4 Å². The van der Waals surface area contributed by atoms with Crippen molar-refractivity contribution in [3.63, 3.8) is 0 Å². The fraction of sp³-hybridized carbons (Fsp3) is 0.625. The number of nitrogens with one attached hydrogen (secondary N) is 4. The van der Waals surface area contributed by atoms with Gasteiger partial charge in [-0.05, 0) is 49.3 Å². The number of hydrogen-bond acceptors (Lipinski definition) is 6. The molecule has 1 aliphatic carbocycles. The Balaban J connectivity index is 1.30. The molecule has 9 heteroatoms. The lowest BCUT2D eigenvalue weighted by Crippen LogP contribution is -2.54. The van der Waals surface area contributed by atoms with Crippen LogP contribution < -0.4 is 21.3 Å². The topological polar surface area (TPSA) is 118 Å². The van der Waals surface area contributed by atoms with Crippen LogP contribution in [-0.4, -0.2) is 56.4 Å². The summed E-state index contributed by atoms with van der Waals surface area (Å²) < 4.78 is 10.9. The van der Waals surface area contributed by atoms with Crippen LogP contribution in [0, 0.1) is 5.92 Å². The first kappa shape index (κ1) is 22.2. The van der Waals surface area contributed by atoms with Crippen LogP contribution in [0.3, 0.4) is 0 Å². The highest BCUT2D eigenvalue weighted by atomic mass is 16.6. The maximum absolute atomic E-state index is 13.3. The van der Waals surface area contributed by atoms with Crippen LogP contribution in [0.25, 0.3) is 0 Å². The number of rotatable bonds is 5. The van der Waals surface area contributed by atoms with Crippen molar-refractivity contribution in [3.8, 4) is 0 Å². The van der Waals surface area contributed by atoms with E-state index in [9.17, 15) is 14.4 Å². The summed E-state index contributed by atoms with van der Waals surface area (Å²) in [6.45, 7) is 2.41. The Hall–Kier alpha value is -2.65. The maximum Gasteiger partial charge on any atom is 0.408 e. The van der Waals surface area contributed by atoms with E-state index in [-0.39, 0.29) is 23.8 Å². The predicted molar refractivity (Wildman–Crippen MR) is 122 cm³/mol. The Morgan fingerprint density at radius 3 is 2.58 bits per heavy atom. The van der Waals surface area contributed by atoms with E-state index in [1.54, 1.807) is 0 Å². The van der Waals surface area contributed by atoms with Crippen molar-refractivity contribution in [2.75, 3.05) is 36.9 Å².